The van der Waals surface area contributed by atoms with Gasteiger partial charge in [0.05, 0.1) is 23.0 Å². The van der Waals surface area contributed by atoms with E-state index in [2.05, 4.69) is 5.10 Å². The second-order valence-electron chi connectivity index (χ2n) is 4.54. The number of nitrogens with zero attached hydrogens (tertiary/aromatic N) is 3. The van der Waals surface area contributed by atoms with Gasteiger partial charge in [0, 0.05) is 12.7 Å². The fourth-order valence-electron chi connectivity index (χ4n) is 2.15. The van der Waals surface area contributed by atoms with Gasteiger partial charge >= 0.3 is 5.97 Å². The summed E-state index contributed by atoms with van der Waals surface area (Å²) in [5.74, 6) is -1.24. The average molecular weight is 310 g/mol. The first-order valence-corrected chi connectivity index (χ1v) is 7.04. The zero-order chi connectivity index (χ0) is 15.6. The van der Waals surface area contributed by atoms with E-state index in [1.807, 2.05) is 13.8 Å². The largest absolute Gasteiger partial charge is 0.477 e. The van der Waals surface area contributed by atoms with Crippen molar-refractivity contribution < 1.29 is 9.90 Å². The molecule has 0 bridgehead atoms. The number of pyridine rings is 1. The highest BCUT2D eigenvalue weighted by Crippen LogP contribution is 2.22. The Morgan fingerprint density at radius 2 is 2.14 bits per heavy atom. The van der Waals surface area contributed by atoms with Crippen LogP contribution in [0.3, 0.4) is 0 Å². The highest BCUT2D eigenvalue weighted by Gasteiger charge is 2.16. The van der Waals surface area contributed by atoms with Gasteiger partial charge in [-0.1, -0.05) is 18.5 Å². The van der Waals surface area contributed by atoms with Crippen LogP contribution in [0.15, 0.2) is 23.1 Å². The van der Waals surface area contributed by atoms with E-state index in [9.17, 15) is 9.59 Å². The molecule has 21 heavy (non-hydrogen) atoms. The van der Waals surface area contributed by atoms with Crippen molar-refractivity contribution in [1.29, 1.82) is 0 Å². The molecule has 0 unspecified atom stereocenters. The summed E-state index contributed by atoms with van der Waals surface area (Å²) in [5, 5.41) is 13.9. The number of hydrogen-bond acceptors (Lipinski definition) is 3. The van der Waals surface area contributed by atoms with Gasteiger partial charge in [0.1, 0.15) is 5.56 Å². The van der Waals surface area contributed by atoms with E-state index >= 15 is 0 Å². The first-order valence-electron chi connectivity index (χ1n) is 6.66. The molecule has 2 rings (SSSR count). The first-order chi connectivity index (χ1) is 9.99. The van der Waals surface area contributed by atoms with Crippen LogP contribution in [-0.2, 0) is 19.5 Å². The van der Waals surface area contributed by atoms with Gasteiger partial charge in [-0.05, 0) is 25.5 Å². The maximum atomic E-state index is 12.1. The number of aromatic nitrogens is 3. The zero-order valence-electron chi connectivity index (χ0n) is 11.8. The second-order valence-corrected chi connectivity index (χ2v) is 4.91. The van der Waals surface area contributed by atoms with E-state index in [0.29, 0.717) is 23.7 Å². The molecule has 0 aliphatic rings. The number of halogens is 1. The molecule has 0 spiro atoms. The molecule has 0 atom stereocenters. The van der Waals surface area contributed by atoms with Crippen molar-refractivity contribution in [2.24, 2.45) is 0 Å². The van der Waals surface area contributed by atoms with Crippen molar-refractivity contribution in [2.45, 2.75) is 33.4 Å². The molecular weight excluding hydrogens is 294 g/mol. The lowest BCUT2D eigenvalue weighted by Gasteiger charge is -2.09. The van der Waals surface area contributed by atoms with Crippen molar-refractivity contribution in [1.82, 2.24) is 14.3 Å². The summed E-state index contributed by atoms with van der Waals surface area (Å²) < 4.78 is 3.07. The molecule has 1 N–H and O–H groups in total. The fraction of sp³-hybridized carbons (Fsp3) is 0.357. The maximum absolute atomic E-state index is 12.1. The lowest BCUT2D eigenvalue weighted by Crippen LogP contribution is -2.26. The van der Waals surface area contributed by atoms with Crippen LogP contribution in [0.1, 0.15) is 35.6 Å². The number of aryl methyl sites for hydroxylation is 2. The molecule has 0 saturated carbocycles. The van der Waals surface area contributed by atoms with Crippen molar-refractivity contribution in [3.8, 4) is 0 Å². The number of carboxylic acid groups (broad SMARTS) is 1. The molecule has 2 heterocycles. The lowest BCUT2D eigenvalue weighted by atomic mass is 10.2. The Morgan fingerprint density at radius 3 is 2.71 bits per heavy atom. The molecular formula is C14H16ClN3O3. The molecule has 2 aromatic heterocycles. The van der Waals surface area contributed by atoms with E-state index in [1.54, 1.807) is 10.9 Å². The minimum Gasteiger partial charge on any atom is -0.477 e. The molecule has 6 nitrogen and oxygen atoms in total. The van der Waals surface area contributed by atoms with Crippen LogP contribution in [0, 0.1) is 0 Å². The summed E-state index contributed by atoms with van der Waals surface area (Å²) in [6, 6.07) is 2.82. The van der Waals surface area contributed by atoms with Crippen molar-refractivity contribution in [3.05, 3.63) is 50.7 Å². The van der Waals surface area contributed by atoms with Crippen molar-refractivity contribution >= 4 is 17.6 Å². The third kappa shape index (κ3) is 2.85. The molecule has 7 heteroatoms. The normalized spacial score (nSPS) is 10.8. The Bertz CT molecular complexity index is 734. The van der Waals surface area contributed by atoms with E-state index in [1.165, 1.54) is 16.7 Å². The maximum Gasteiger partial charge on any atom is 0.341 e. The van der Waals surface area contributed by atoms with Crippen LogP contribution in [0.4, 0.5) is 0 Å². The number of carboxylic acids is 1. The number of carbonyl (C=O) groups is 1. The van der Waals surface area contributed by atoms with Gasteiger partial charge in [-0.25, -0.2) is 4.79 Å². The predicted octanol–water partition coefficient (Wildman–Crippen LogP) is 2.03. The van der Waals surface area contributed by atoms with Crippen LogP contribution in [0.2, 0.25) is 5.02 Å². The van der Waals surface area contributed by atoms with Crippen LogP contribution in [0.5, 0.6) is 0 Å². The van der Waals surface area contributed by atoms with Gasteiger partial charge in [-0.2, -0.15) is 5.10 Å². The quantitative estimate of drug-likeness (QED) is 0.916. The monoisotopic (exact) mass is 309 g/mol. The molecule has 0 fully saturated rings. The fourth-order valence-corrected chi connectivity index (χ4v) is 2.48. The molecule has 0 amide bonds. The third-order valence-electron chi connectivity index (χ3n) is 3.26. The highest BCUT2D eigenvalue weighted by atomic mass is 35.5. The summed E-state index contributed by atoms with van der Waals surface area (Å²) in [6.07, 6.45) is 2.24. The predicted molar refractivity (Wildman–Crippen MR) is 79.1 cm³/mol. The smallest absolute Gasteiger partial charge is 0.341 e. The van der Waals surface area contributed by atoms with Crippen molar-refractivity contribution in [3.63, 3.8) is 0 Å². The molecule has 0 radical (unpaired) electrons. The Balaban J connectivity index is 2.48. The topological polar surface area (TPSA) is 77.1 Å². The Kier molecular flexibility index (Phi) is 4.47. The van der Waals surface area contributed by atoms with Gasteiger partial charge in [-0.3, -0.25) is 9.48 Å². The summed E-state index contributed by atoms with van der Waals surface area (Å²) >= 11 is 6.30. The van der Waals surface area contributed by atoms with E-state index in [0.717, 1.165) is 5.69 Å². The first kappa shape index (κ1) is 15.3. The Labute approximate surface area is 126 Å². The van der Waals surface area contributed by atoms with Crippen LogP contribution < -0.4 is 5.56 Å². The Morgan fingerprint density at radius 1 is 1.43 bits per heavy atom. The summed E-state index contributed by atoms with van der Waals surface area (Å²) in [7, 11) is 0. The van der Waals surface area contributed by atoms with Gasteiger partial charge in [0.2, 0.25) is 0 Å². The van der Waals surface area contributed by atoms with Gasteiger partial charge in [0.25, 0.3) is 5.56 Å². The van der Waals surface area contributed by atoms with Gasteiger partial charge in [0.15, 0.2) is 0 Å². The molecule has 0 aliphatic heterocycles. The van der Waals surface area contributed by atoms with E-state index in [-0.39, 0.29) is 12.1 Å². The molecule has 0 aliphatic carbocycles. The van der Waals surface area contributed by atoms with Gasteiger partial charge < -0.3 is 9.67 Å². The number of hydrogen-bond donors (Lipinski definition) is 1. The van der Waals surface area contributed by atoms with Crippen LogP contribution in [-0.4, -0.2) is 25.4 Å². The minimum absolute atomic E-state index is 0.194. The van der Waals surface area contributed by atoms with E-state index < -0.39 is 11.5 Å². The second kappa shape index (κ2) is 6.13. The SMILES string of the molecule is CCc1nn(CC)c(Cn2cccc(C(=O)O)c2=O)c1Cl. The zero-order valence-corrected chi connectivity index (χ0v) is 12.6. The van der Waals surface area contributed by atoms with Gasteiger partial charge in [-0.15, -0.1) is 0 Å². The molecule has 0 saturated heterocycles. The number of aromatic carboxylic acids is 1. The third-order valence-corrected chi connectivity index (χ3v) is 3.70. The minimum atomic E-state index is -1.24. The molecule has 112 valence electrons. The van der Waals surface area contributed by atoms with Crippen molar-refractivity contribution in [2.75, 3.05) is 0 Å². The standard InChI is InChI=1S/C14H16ClN3O3/c1-3-10-12(15)11(18(4-2)16-10)8-17-7-5-6-9(13(17)19)14(20)21/h5-7H,3-4,8H2,1-2H3,(H,20,21). The van der Waals surface area contributed by atoms with Crippen LogP contribution in [0.25, 0.3) is 0 Å². The number of rotatable bonds is 5. The summed E-state index contributed by atoms with van der Waals surface area (Å²) in [4.78, 5) is 23.1. The summed E-state index contributed by atoms with van der Waals surface area (Å²) in [6.45, 7) is 4.71. The van der Waals surface area contributed by atoms with Crippen LogP contribution >= 0.6 is 11.6 Å². The molecule has 2 aromatic rings. The summed E-state index contributed by atoms with van der Waals surface area (Å²) in [5.41, 5.74) is 0.673. The van der Waals surface area contributed by atoms with E-state index in [4.69, 9.17) is 16.7 Å². The lowest BCUT2D eigenvalue weighted by molar-refractivity contribution is 0.0694. The Hall–Kier alpha value is -2.08. The average Bonchev–Trinajstić information content (AvgIpc) is 2.77. The molecule has 0 aromatic carbocycles. The highest BCUT2D eigenvalue weighted by molar-refractivity contribution is 6.31.